The number of aliphatic hydroxyl groups is 1. The molecule has 0 atom stereocenters. The number of nitrogens with one attached hydrogen (secondary N) is 1. The van der Waals surface area contributed by atoms with Crippen LogP contribution in [-0.2, 0) is 0 Å². The molecule has 3 nitrogen and oxygen atoms in total. The summed E-state index contributed by atoms with van der Waals surface area (Å²) < 4.78 is 38.6. The van der Waals surface area contributed by atoms with Gasteiger partial charge in [0.1, 0.15) is 0 Å². The van der Waals surface area contributed by atoms with E-state index in [0.717, 1.165) is 12.8 Å². The molecule has 0 unspecified atom stereocenters. The van der Waals surface area contributed by atoms with Gasteiger partial charge in [-0.15, -0.1) is 0 Å². The highest BCUT2D eigenvalue weighted by molar-refractivity contribution is 5.36. The number of anilines is 1. The third-order valence-corrected chi connectivity index (χ3v) is 3.01. The normalized spacial score (nSPS) is 18.4. The lowest BCUT2D eigenvalue weighted by molar-refractivity contribution is 0.0613. The van der Waals surface area contributed by atoms with Crippen molar-refractivity contribution in [2.75, 3.05) is 11.9 Å². The first-order valence-electron chi connectivity index (χ1n) is 5.48. The van der Waals surface area contributed by atoms with Crippen LogP contribution in [0.3, 0.4) is 0 Å². The number of pyridine rings is 1. The van der Waals surface area contributed by atoms with Crippen LogP contribution < -0.4 is 5.32 Å². The quantitative estimate of drug-likeness (QED) is 0.804. The Morgan fingerprint density at radius 1 is 1.24 bits per heavy atom. The van der Waals surface area contributed by atoms with Crippen molar-refractivity contribution < 1.29 is 18.3 Å². The molecule has 0 radical (unpaired) electrons. The van der Waals surface area contributed by atoms with Gasteiger partial charge in [-0.2, -0.15) is 9.37 Å². The fourth-order valence-electron chi connectivity index (χ4n) is 2.03. The smallest absolute Gasteiger partial charge is 0.251 e. The summed E-state index contributed by atoms with van der Waals surface area (Å²) in [7, 11) is 0. The molecule has 1 heterocycles. The molecule has 2 N–H and O–H groups in total. The topological polar surface area (TPSA) is 45.1 Å². The highest BCUT2D eigenvalue weighted by atomic mass is 19.2. The zero-order valence-corrected chi connectivity index (χ0v) is 9.14. The Balaban J connectivity index is 2.06. The van der Waals surface area contributed by atoms with E-state index in [4.69, 9.17) is 0 Å². The third kappa shape index (κ3) is 2.69. The second-order valence-corrected chi connectivity index (χ2v) is 4.38. The van der Waals surface area contributed by atoms with E-state index in [-0.39, 0.29) is 12.4 Å². The lowest BCUT2D eigenvalue weighted by Crippen LogP contribution is -2.34. The molecule has 94 valence electrons. The average molecular weight is 246 g/mol. The molecule has 1 saturated carbocycles. The minimum absolute atomic E-state index is 0.0853. The summed E-state index contributed by atoms with van der Waals surface area (Å²) in [6.07, 6.45) is 3.05. The fourth-order valence-corrected chi connectivity index (χ4v) is 2.03. The Bertz CT molecular complexity index is 419. The van der Waals surface area contributed by atoms with E-state index in [2.05, 4.69) is 10.3 Å². The van der Waals surface area contributed by atoms with Gasteiger partial charge >= 0.3 is 0 Å². The van der Waals surface area contributed by atoms with Crippen molar-refractivity contribution in [1.82, 2.24) is 4.98 Å². The van der Waals surface area contributed by atoms with Gasteiger partial charge in [0.2, 0.25) is 0 Å². The Morgan fingerprint density at radius 2 is 1.88 bits per heavy atom. The number of hydrogen-bond donors (Lipinski definition) is 2. The maximum atomic E-state index is 13.2. The first-order valence-corrected chi connectivity index (χ1v) is 5.48. The third-order valence-electron chi connectivity index (χ3n) is 3.01. The predicted molar refractivity (Wildman–Crippen MR) is 56.0 cm³/mol. The largest absolute Gasteiger partial charge is 0.388 e. The van der Waals surface area contributed by atoms with Crippen LogP contribution in [0.4, 0.5) is 19.0 Å². The van der Waals surface area contributed by atoms with Gasteiger partial charge in [-0.25, -0.2) is 8.78 Å². The molecule has 1 aliphatic rings. The zero-order chi connectivity index (χ0) is 12.5. The SMILES string of the molecule is OC1(CNc2nc(F)c(F)cc2F)CCCC1. The van der Waals surface area contributed by atoms with E-state index >= 15 is 0 Å². The van der Waals surface area contributed by atoms with Crippen molar-refractivity contribution in [1.29, 1.82) is 0 Å². The van der Waals surface area contributed by atoms with Gasteiger partial charge in [0, 0.05) is 12.6 Å². The van der Waals surface area contributed by atoms with Crippen LogP contribution in [0.1, 0.15) is 25.7 Å². The second kappa shape index (κ2) is 4.52. The number of nitrogens with zero attached hydrogens (tertiary/aromatic N) is 1. The monoisotopic (exact) mass is 246 g/mol. The summed E-state index contributed by atoms with van der Waals surface area (Å²) in [6, 6.07) is 0.434. The Hall–Kier alpha value is -1.30. The average Bonchev–Trinajstić information content (AvgIpc) is 2.69. The van der Waals surface area contributed by atoms with E-state index in [9.17, 15) is 18.3 Å². The molecule has 0 aliphatic heterocycles. The Labute approximate surface area is 96.7 Å². The van der Waals surface area contributed by atoms with Crippen LogP contribution in [0.5, 0.6) is 0 Å². The summed E-state index contributed by atoms with van der Waals surface area (Å²) in [6.45, 7) is 0.0853. The molecule has 0 saturated heterocycles. The number of aromatic nitrogens is 1. The highest BCUT2D eigenvalue weighted by Gasteiger charge is 2.31. The van der Waals surface area contributed by atoms with Crippen molar-refractivity contribution in [2.24, 2.45) is 0 Å². The molecule has 1 aromatic heterocycles. The van der Waals surface area contributed by atoms with Gasteiger partial charge in [-0.3, -0.25) is 0 Å². The first kappa shape index (κ1) is 12.2. The zero-order valence-electron chi connectivity index (χ0n) is 9.14. The molecule has 0 amide bonds. The van der Waals surface area contributed by atoms with E-state index in [1.807, 2.05) is 0 Å². The van der Waals surface area contributed by atoms with E-state index in [0.29, 0.717) is 18.9 Å². The molecule has 6 heteroatoms. The maximum Gasteiger partial charge on any atom is 0.251 e. The lowest BCUT2D eigenvalue weighted by atomic mass is 10.0. The standard InChI is InChI=1S/C11H13F3N2O/c12-7-5-8(13)10(16-9(7)14)15-6-11(17)3-1-2-4-11/h5,17H,1-4,6H2,(H,15,16). The summed E-state index contributed by atoms with van der Waals surface area (Å²) in [4.78, 5) is 3.13. The van der Waals surface area contributed by atoms with Crippen molar-refractivity contribution in [3.63, 3.8) is 0 Å². The molecule has 0 aromatic carbocycles. The molecule has 0 bridgehead atoms. The van der Waals surface area contributed by atoms with Crippen molar-refractivity contribution in [2.45, 2.75) is 31.3 Å². The fraction of sp³-hybridized carbons (Fsp3) is 0.545. The minimum Gasteiger partial charge on any atom is -0.388 e. The van der Waals surface area contributed by atoms with Gasteiger partial charge < -0.3 is 10.4 Å². The molecule has 1 fully saturated rings. The molecule has 1 aromatic rings. The van der Waals surface area contributed by atoms with Crippen LogP contribution in [0.25, 0.3) is 0 Å². The van der Waals surface area contributed by atoms with Crippen molar-refractivity contribution in [3.05, 3.63) is 23.6 Å². The van der Waals surface area contributed by atoms with Crippen LogP contribution in [0.2, 0.25) is 0 Å². The molecule has 2 rings (SSSR count). The molecule has 1 aliphatic carbocycles. The first-order chi connectivity index (χ1) is 8.00. The second-order valence-electron chi connectivity index (χ2n) is 4.38. The number of halogens is 3. The van der Waals surface area contributed by atoms with E-state index < -0.39 is 23.2 Å². The number of hydrogen-bond acceptors (Lipinski definition) is 3. The van der Waals surface area contributed by atoms with Crippen LogP contribution >= 0.6 is 0 Å². The van der Waals surface area contributed by atoms with Crippen LogP contribution in [-0.4, -0.2) is 22.2 Å². The number of rotatable bonds is 3. The van der Waals surface area contributed by atoms with Crippen molar-refractivity contribution >= 4 is 5.82 Å². The highest BCUT2D eigenvalue weighted by Crippen LogP contribution is 2.29. The Morgan fingerprint density at radius 3 is 2.53 bits per heavy atom. The summed E-state index contributed by atoms with van der Waals surface area (Å²) in [5.41, 5.74) is -0.904. The van der Waals surface area contributed by atoms with Gasteiger partial charge in [-0.1, -0.05) is 12.8 Å². The summed E-state index contributed by atoms with van der Waals surface area (Å²) >= 11 is 0. The molecular weight excluding hydrogens is 233 g/mol. The summed E-state index contributed by atoms with van der Waals surface area (Å²) in [5, 5.41) is 12.5. The van der Waals surface area contributed by atoms with Crippen LogP contribution in [0.15, 0.2) is 6.07 Å². The van der Waals surface area contributed by atoms with Gasteiger partial charge in [-0.05, 0) is 12.8 Å². The molecular formula is C11H13F3N2O. The maximum absolute atomic E-state index is 13.2. The predicted octanol–water partition coefficient (Wildman–Crippen LogP) is 2.22. The van der Waals surface area contributed by atoms with Crippen molar-refractivity contribution in [3.8, 4) is 0 Å². The lowest BCUT2D eigenvalue weighted by Gasteiger charge is -2.22. The van der Waals surface area contributed by atoms with Gasteiger partial charge in [0.25, 0.3) is 5.95 Å². The van der Waals surface area contributed by atoms with Crippen LogP contribution in [0, 0.1) is 17.6 Å². The Kier molecular flexibility index (Phi) is 3.24. The van der Waals surface area contributed by atoms with E-state index in [1.54, 1.807) is 0 Å². The van der Waals surface area contributed by atoms with Gasteiger partial charge in [0.15, 0.2) is 17.5 Å². The van der Waals surface area contributed by atoms with Gasteiger partial charge in [0.05, 0.1) is 5.60 Å². The van der Waals surface area contributed by atoms with E-state index in [1.165, 1.54) is 0 Å². The minimum atomic E-state index is -1.35. The summed E-state index contributed by atoms with van der Waals surface area (Å²) in [5.74, 6) is -4.02. The molecule has 0 spiro atoms. The molecule has 17 heavy (non-hydrogen) atoms.